The van der Waals surface area contributed by atoms with Crippen LogP contribution in [0.3, 0.4) is 0 Å². The summed E-state index contributed by atoms with van der Waals surface area (Å²) in [5.74, 6) is -1.17. The Balaban J connectivity index is 2.36. The van der Waals surface area contributed by atoms with Crippen LogP contribution in [0.4, 0.5) is 4.39 Å². The van der Waals surface area contributed by atoms with Crippen molar-refractivity contribution in [1.29, 1.82) is 0 Å². The molecule has 2 rings (SSSR count). The topological polar surface area (TPSA) is 26.3 Å². The molecule has 1 fully saturated rings. The molecule has 0 bridgehead atoms. The predicted molar refractivity (Wildman–Crippen MR) is 45.7 cm³/mol. The highest BCUT2D eigenvalue weighted by atomic mass is 35.5. The standard InChI is InChI=1S/C9H8ClFO2/c1-13-8(12)9-4-5(9)6(10)2-3-7(9)11/h2-3,5H,4H2,1H3. The van der Waals surface area contributed by atoms with E-state index >= 15 is 0 Å². The summed E-state index contributed by atoms with van der Waals surface area (Å²) in [5.41, 5.74) is -1.08. The molecule has 0 amide bonds. The van der Waals surface area contributed by atoms with Crippen molar-refractivity contribution in [3.8, 4) is 0 Å². The van der Waals surface area contributed by atoms with Gasteiger partial charge in [-0.15, -0.1) is 0 Å². The fraction of sp³-hybridized carbons (Fsp3) is 0.444. The van der Waals surface area contributed by atoms with Crippen LogP contribution in [0.1, 0.15) is 6.42 Å². The number of halogens is 2. The molecule has 2 atom stereocenters. The van der Waals surface area contributed by atoms with Crippen LogP contribution in [0.15, 0.2) is 23.0 Å². The first-order valence-electron chi connectivity index (χ1n) is 3.94. The second-order valence-corrected chi connectivity index (χ2v) is 3.72. The van der Waals surface area contributed by atoms with Crippen molar-refractivity contribution in [1.82, 2.24) is 0 Å². The molecule has 2 aliphatic rings. The highest BCUT2D eigenvalue weighted by molar-refractivity contribution is 6.30. The first-order valence-corrected chi connectivity index (χ1v) is 4.32. The summed E-state index contributed by atoms with van der Waals surface area (Å²) in [7, 11) is 1.26. The van der Waals surface area contributed by atoms with Crippen LogP contribution < -0.4 is 0 Å². The minimum Gasteiger partial charge on any atom is -0.468 e. The molecule has 0 spiro atoms. The number of carbonyl (C=O) groups is 1. The molecule has 13 heavy (non-hydrogen) atoms. The van der Waals surface area contributed by atoms with E-state index in [2.05, 4.69) is 4.74 Å². The fourth-order valence-corrected chi connectivity index (χ4v) is 2.11. The van der Waals surface area contributed by atoms with Gasteiger partial charge in [0.15, 0.2) is 0 Å². The van der Waals surface area contributed by atoms with Gasteiger partial charge in [0.05, 0.1) is 7.11 Å². The lowest BCUT2D eigenvalue weighted by molar-refractivity contribution is -0.146. The van der Waals surface area contributed by atoms with Crippen LogP contribution in [0, 0.1) is 11.3 Å². The van der Waals surface area contributed by atoms with E-state index in [1.54, 1.807) is 0 Å². The third-order valence-corrected chi connectivity index (χ3v) is 3.05. The third-order valence-electron chi connectivity index (χ3n) is 2.66. The number of esters is 1. The molecule has 2 aliphatic carbocycles. The lowest BCUT2D eigenvalue weighted by Crippen LogP contribution is -2.22. The Morgan fingerprint density at radius 1 is 1.77 bits per heavy atom. The molecule has 4 heteroatoms. The van der Waals surface area contributed by atoms with Crippen molar-refractivity contribution in [2.45, 2.75) is 6.42 Å². The van der Waals surface area contributed by atoms with E-state index in [9.17, 15) is 9.18 Å². The Kier molecular flexibility index (Phi) is 1.74. The molecule has 70 valence electrons. The number of ether oxygens (including phenoxy) is 1. The highest BCUT2D eigenvalue weighted by Gasteiger charge is 2.66. The summed E-state index contributed by atoms with van der Waals surface area (Å²) in [6, 6.07) is 0. The van der Waals surface area contributed by atoms with Crippen LogP contribution in [0.5, 0.6) is 0 Å². The Labute approximate surface area is 80.0 Å². The smallest absolute Gasteiger partial charge is 0.319 e. The highest BCUT2D eigenvalue weighted by Crippen LogP contribution is 2.64. The Bertz CT molecular complexity index is 335. The molecular formula is C9H8ClFO2. The molecule has 0 aliphatic heterocycles. The van der Waals surface area contributed by atoms with Gasteiger partial charge in [-0.25, -0.2) is 4.39 Å². The van der Waals surface area contributed by atoms with E-state index in [4.69, 9.17) is 11.6 Å². The van der Waals surface area contributed by atoms with E-state index in [-0.39, 0.29) is 5.92 Å². The zero-order valence-corrected chi connectivity index (χ0v) is 7.77. The van der Waals surface area contributed by atoms with E-state index < -0.39 is 17.2 Å². The molecule has 2 nitrogen and oxygen atoms in total. The van der Waals surface area contributed by atoms with Crippen molar-refractivity contribution >= 4 is 17.6 Å². The number of rotatable bonds is 1. The largest absolute Gasteiger partial charge is 0.468 e. The molecule has 0 aromatic heterocycles. The summed E-state index contributed by atoms with van der Waals surface area (Å²) in [4.78, 5) is 11.3. The van der Waals surface area contributed by atoms with Crippen molar-refractivity contribution in [2.24, 2.45) is 11.3 Å². The number of hydrogen-bond donors (Lipinski definition) is 0. The van der Waals surface area contributed by atoms with Gasteiger partial charge in [-0.1, -0.05) is 11.6 Å². The monoisotopic (exact) mass is 202 g/mol. The number of carbonyl (C=O) groups excluding carboxylic acids is 1. The number of fused-ring (bicyclic) bond motifs is 1. The van der Waals surface area contributed by atoms with Crippen LogP contribution in [-0.2, 0) is 9.53 Å². The van der Waals surface area contributed by atoms with Crippen LogP contribution in [-0.4, -0.2) is 13.1 Å². The van der Waals surface area contributed by atoms with Crippen LogP contribution in [0.2, 0.25) is 0 Å². The maximum absolute atomic E-state index is 13.3. The van der Waals surface area contributed by atoms with Crippen molar-refractivity contribution in [3.05, 3.63) is 23.0 Å². The first kappa shape index (κ1) is 8.75. The maximum Gasteiger partial charge on any atom is 0.319 e. The molecule has 0 aromatic rings. The maximum atomic E-state index is 13.3. The van der Waals surface area contributed by atoms with Gasteiger partial charge < -0.3 is 4.74 Å². The summed E-state index contributed by atoms with van der Waals surface area (Å²) in [6.07, 6.45) is 3.16. The minimum atomic E-state index is -1.08. The van der Waals surface area contributed by atoms with Crippen LogP contribution >= 0.6 is 11.6 Å². The van der Waals surface area contributed by atoms with Crippen LogP contribution in [0.25, 0.3) is 0 Å². The molecule has 2 unspecified atom stereocenters. The second kappa shape index (κ2) is 2.58. The zero-order valence-electron chi connectivity index (χ0n) is 7.01. The minimum absolute atomic E-state index is 0.202. The fourth-order valence-electron chi connectivity index (χ4n) is 1.78. The summed E-state index contributed by atoms with van der Waals surface area (Å²) >= 11 is 5.81. The Morgan fingerprint density at radius 2 is 2.46 bits per heavy atom. The van der Waals surface area contributed by atoms with Gasteiger partial charge in [0, 0.05) is 11.0 Å². The van der Waals surface area contributed by atoms with E-state index in [0.717, 1.165) is 0 Å². The van der Waals surface area contributed by atoms with E-state index in [0.29, 0.717) is 11.5 Å². The zero-order chi connectivity index (χ0) is 9.64. The summed E-state index contributed by atoms with van der Waals surface area (Å²) in [6.45, 7) is 0. The number of hydrogen-bond acceptors (Lipinski definition) is 2. The first-order chi connectivity index (χ1) is 6.13. The van der Waals surface area contributed by atoms with Crippen molar-refractivity contribution < 1.29 is 13.9 Å². The average molecular weight is 203 g/mol. The van der Waals surface area contributed by atoms with E-state index in [1.807, 2.05) is 0 Å². The lowest BCUT2D eigenvalue weighted by Gasteiger charge is -2.14. The van der Waals surface area contributed by atoms with Gasteiger partial charge in [-0.2, -0.15) is 0 Å². The average Bonchev–Trinajstić information content (AvgIpc) is 2.88. The summed E-state index contributed by atoms with van der Waals surface area (Å²) < 4.78 is 17.9. The van der Waals surface area contributed by atoms with E-state index in [1.165, 1.54) is 19.3 Å². The van der Waals surface area contributed by atoms with Gasteiger partial charge >= 0.3 is 5.97 Å². The predicted octanol–water partition coefficient (Wildman–Crippen LogP) is 2.16. The number of methoxy groups -OCH3 is 1. The van der Waals surface area contributed by atoms with Crippen molar-refractivity contribution in [3.63, 3.8) is 0 Å². The molecule has 0 heterocycles. The van der Waals surface area contributed by atoms with Gasteiger partial charge in [0.25, 0.3) is 0 Å². The molecule has 0 saturated heterocycles. The third kappa shape index (κ3) is 0.967. The van der Waals surface area contributed by atoms with Gasteiger partial charge in [0.1, 0.15) is 11.2 Å². The normalized spacial score (nSPS) is 35.8. The van der Waals surface area contributed by atoms with Crippen molar-refractivity contribution in [2.75, 3.05) is 7.11 Å². The van der Waals surface area contributed by atoms with Gasteiger partial charge in [-0.05, 0) is 18.6 Å². The SMILES string of the molecule is COC(=O)C12CC1C(Cl)=CC=C2F. The summed E-state index contributed by atoms with van der Waals surface area (Å²) in [5, 5.41) is 0.534. The van der Waals surface area contributed by atoms with Gasteiger partial charge in [0.2, 0.25) is 0 Å². The molecular weight excluding hydrogens is 195 g/mol. The lowest BCUT2D eigenvalue weighted by atomic mass is 9.98. The molecule has 0 radical (unpaired) electrons. The number of allylic oxidation sites excluding steroid dienone is 3. The molecule has 1 saturated carbocycles. The Hall–Kier alpha value is -0.830. The molecule has 0 aromatic carbocycles. The second-order valence-electron chi connectivity index (χ2n) is 3.29. The van der Waals surface area contributed by atoms with Gasteiger partial charge in [-0.3, -0.25) is 4.79 Å². The molecule has 0 N–H and O–H groups in total. The Morgan fingerprint density at radius 3 is 3.08 bits per heavy atom. The quantitative estimate of drug-likeness (QED) is 0.609.